The van der Waals surface area contributed by atoms with Crippen LogP contribution in [-0.2, 0) is 18.7 Å². The van der Waals surface area contributed by atoms with Gasteiger partial charge in [0.25, 0.3) is 0 Å². The number of phosphoric ester groups is 1. The minimum Gasteiger partial charge on any atom is -0.381 e. The van der Waals surface area contributed by atoms with E-state index in [4.69, 9.17) is 9.79 Å². The Labute approximate surface area is 171 Å². The Hall–Kier alpha value is -0.850. The van der Waals surface area contributed by atoms with Gasteiger partial charge in [0.2, 0.25) is 0 Å². The zero-order chi connectivity index (χ0) is 21.2. The lowest BCUT2D eigenvalue weighted by Gasteiger charge is -2.58. The lowest BCUT2D eigenvalue weighted by molar-refractivity contribution is -0.164. The Morgan fingerprint density at radius 2 is 1.83 bits per heavy atom. The number of Topliss-reactive ketones (excluding diaryl/α,β-unsaturated/α-hetero) is 1. The molecule has 0 heterocycles. The van der Waals surface area contributed by atoms with Crippen molar-refractivity contribution in [3.63, 3.8) is 0 Å². The van der Waals surface area contributed by atoms with Crippen molar-refractivity contribution >= 4 is 19.4 Å². The van der Waals surface area contributed by atoms with Crippen molar-refractivity contribution in [2.24, 2.45) is 28.6 Å². The van der Waals surface area contributed by atoms with Crippen LogP contribution in [0.4, 0.5) is 0 Å². The fourth-order valence-electron chi connectivity index (χ4n) is 7.30. The van der Waals surface area contributed by atoms with Gasteiger partial charge in [0.05, 0.1) is 0 Å². The van der Waals surface area contributed by atoms with Gasteiger partial charge in [-0.15, -0.1) is 0 Å². The van der Waals surface area contributed by atoms with Crippen LogP contribution in [0.3, 0.4) is 0 Å². The summed E-state index contributed by atoms with van der Waals surface area (Å²) < 4.78 is 15.4. The Morgan fingerprint density at radius 1 is 1.14 bits per heavy atom. The van der Waals surface area contributed by atoms with Gasteiger partial charge in [0.1, 0.15) is 12.2 Å². The van der Waals surface area contributed by atoms with E-state index in [1.807, 2.05) is 13.0 Å². The standard InChI is InChI=1S/C21H31O7P/c1-19-8-5-14(22)11-13(19)3-4-15-16(19)6-9-20(2)17(15)7-10-21(20,24)18(23)12-28-29(25,26)27/h11,15-17,24H,3-10,12H2,1-2H3,(H2,25,26,27)/t15?,16?,17?,19-,20-,21-/m0/s1. The number of hydrogen-bond acceptors (Lipinski definition) is 5. The third-order valence-corrected chi connectivity index (χ3v) is 9.40. The quantitative estimate of drug-likeness (QED) is 0.591. The molecular weight excluding hydrogens is 395 g/mol. The summed E-state index contributed by atoms with van der Waals surface area (Å²) >= 11 is 0. The molecule has 6 atom stereocenters. The van der Waals surface area contributed by atoms with Gasteiger partial charge in [0, 0.05) is 11.8 Å². The van der Waals surface area contributed by atoms with Crippen molar-refractivity contribution in [1.29, 1.82) is 0 Å². The molecular formula is C21H31O7P. The fourth-order valence-corrected chi connectivity index (χ4v) is 7.58. The molecule has 4 rings (SSSR count). The van der Waals surface area contributed by atoms with Crippen molar-refractivity contribution in [1.82, 2.24) is 0 Å². The number of aliphatic hydroxyl groups is 1. The molecule has 162 valence electrons. The monoisotopic (exact) mass is 426 g/mol. The zero-order valence-corrected chi connectivity index (χ0v) is 18.0. The molecule has 3 unspecified atom stereocenters. The maximum atomic E-state index is 12.8. The molecule has 0 saturated heterocycles. The van der Waals surface area contributed by atoms with Gasteiger partial charge < -0.3 is 14.9 Å². The third-order valence-electron chi connectivity index (χ3n) is 8.94. The predicted molar refractivity (Wildman–Crippen MR) is 105 cm³/mol. The number of rotatable bonds is 4. The molecule has 0 bridgehead atoms. The lowest BCUT2D eigenvalue weighted by atomic mass is 9.46. The maximum Gasteiger partial charge on any atom is 0.470 e. The normalized spacial score (nSPS) is 44.5. The second-order valence-electron chi connectivity index (χ2n) is 10.0. The average Bonchev–Trinajstić information content (AvgIpc) is 2.92. The Kier molecular flexibility index (Phi) is 5.03. The molecule has 4 aliphatic rings. The molecule has 8 heteroatoms. The number of ketones is 2. The molecule has 3 N–H and O–H groups in total. The molecule has 0 aromatic heterocycles. The second kappa shape index (κ2) is 6.83. The van der Waals surface area contributed by atoms with Gasteiger partial charge in [0.15, 0.2) is 11.6 Å². The number of carbonyl (C=O) groups is 2. The van der Waals surface area contributed by atoms with E-state index in [2.05, 4.69) is 11.4 Å². The van der Waals surface area contributed by atoms with E-state index >= 15 is 0 Å². The minimum atomic E-state index is -4.77. The molecule has 0 spiro atoms. The molecule has 7 nitrogen and oxygen atoms in total. The highest BCUT2D eigenvalue weighted by Gasteiger charge is 2.66. The van der Waals surface area contributed by atoms with E-state index in [1.165, 1.54) is 5.57 Å². The van der Waals surface area contributed by atoms with Gasteiger partial charge >= 0.3 is 7.82 Å². The molecule has 0 aromatic rings. The number of hydrogen-bond donors (Lipinski definition) is 3. The first-order valence-corrected chi connectivity index (χ1v) is 12.1. The summed E-state index contributed by atoms with van der Waals surface area (Å²) in [7, 11) is -4.77. The molecule has 29 heavy (non-hydrogen) atoms. The van der Waals surface area contributed by atoms with E-state index in [-0.39, 0.29) is 17.1 Å². The highest BCUT2D eigenvalue weighted by atomic mass is 31.2. The average molecular weight is 426 g/mol. The summed E-state index contributed by atoms with van der Waals surface area (Å²) in [5, 5.41) is 11.4. The van der Waals surface area contributed by atoms with Crippen molar-refractivity contribution in [2.75, 3.05) is 6.61 Å². The van der Waals surface area contributed by atoms with E-state index in [9.17, 15) is 19.3 Å². The molecule has 3 fully saturated rings. The summed E-state index contributed by atoms with van der Waals surface area (Å²) in [6.45, 7) is 3.48. The highest BCUT2D eigenvalue weighted by Crippen LogP contribution is 2.67. The van der Waals surface area contributed by atoms with Crippen LogP contribution in [0.15, 0.2) is 11.6 Å². The van der Waals surface area contributed by atoms with Crippen LogP contribution in [0, 0.1) is 28.6 Å². The van der Waals surface area contributed by atoms with Crippen LogP contribution in [-0.4, -0.2) is 38.7 Å². The van der Waals surface area contributed by atoms with Crippen LogP contribution in [0.2, 0.25) is 0 Å². The van der Waals surface area contributed by atoms with Crippen LogP contribution >= 0.6 is 7.82 Å². The first-order chi connectivity index (χ1) is 13.4. The molecule has 0 aliphatic heterocycles. The van der Waals surface area contributed by atoms with Crippen LogP contribution in [0.25, 0.3) is 0 Å². The van der Waals surface area contributed by atoms with Crippen molar-refractivity contribution in [3.8, 4) is 0 Å². The molecule has 0 radical (unpaired) electrons. The number of allylic oxidation sites excluding steroid dienone is 1. The molecule has 0 amide bonds. The highest BCUT2D eigenvalue weighted by molar-refractivity contribution is 7.46. The summed E-state index contributed by atoms with van der Waals surface area (Å²) in [6, 6.07) is 0. The number of phosphoric acid groups is 1. The summed E-state index contributed by atoms with van der Waals surface area (Å²) in [5.74, 6) is 0.602. The van der Waals surface area contributed by atoms with Crippen molar-refractivity contribution < 1.29 is 33.6 Å². The van der Waals surface area contributed by atoms with Gasteiger partial charge in [-0.05, 0) is 74.2 Å². The van der Waals surface area contributed by atoms with Crippen molar-refractivity contribution in [2.45, 2.75) is 70.8 Å². The maximum absolute atomic E-state index is 12.8. The summed E-state index contributed by atoms with van der Waals surface area (Å²) in [6.07, 6.45) is 7.79. The molecule has 3 saturated carbocycles. The summed E-state index contributed by atoms with van der Waals surface area (Å²) in [5.41, 5.74) is -0.937. The zero-order valence-electron chi connectivity index (χ0n) is 17.1. The minimum absolute atomic E-state index is 0.0202. The van der Waals surface area contributed by atoms with Crippen LogP contribution in [0.5, 0.6) is 0 Å². The first kappa shape index (κ1) is 21.4. The lowest BCUT2D eigenvalue weighted by Crippen LogP contribution is -2.58. The Balaban J connectivity index is 1.59. The second-order valence-corrected chi connectivity index (χ2v) is 11.3. The Morgan fingerprint density at radius 3 is 2.52 bits per heavy atom. The van der Waals surface area contributed by atoms with Gasteiger partial charge in [-0.3, -0.25) is 14.1 Å². The van der Waals surface area contributed by atoms with Crippen LogP contribution < -0.4 is 0 Å². The van der Waals surface area contributed by atoms with E-state index in [0.29, 0.717) is 31.1 Å². The predicted octanol–water partition coefficient (Wildman–Crippen LogP) is 2.93. The van der Waals surface area contributed by atoms with Crippen molar-refractivity contribution in [3.05, 3.63) is 11.6 Å². The van der Waals surface area contributed by atoms with Crippen LogP contribution in [0.1, 0.15) is 65.2 Å². The topological polar surface area (TPSA) is 121 Å². The van der Waals surface area contributed by atoms with Gasteiger partial charge in [-0.25, -0.2) is 4.57 Å². The van der Waals surface area contributed by atoms with E-state index in [1.54, 1.807) is 0 Å². The number of fused-ring (bicyclic) bond motifs is 5. The molecule has 4 aliphatic carbocycles. The summed E-state index contributed by atoms with van der Waals surface area (Å²) in [4.78, 5) is 42.6. The largest absolute Gasteiger partial charge is 0.470 e. The smallest absolute Gasteiger partial charge is 0.381 e. The number of carbonyl (C=O) groups excluding carboxylic acids is 2. The van der Waals surface area contributed by atoms with Gasteiger partial charge in [-0.2, -0.15) is 0 Å². The SMILES string of the molecule is C[C@]12CCC(=O)C=C1CCC1C2CC[C@@]2(C)C1CC[C@]2(O)C(=O)COP(=O)(O)O. The van der Waals surface area contributed by atoms with E-state index < -0.39 is 31.2 Å². The first-order valence-electron chi connectivity index (χ1n) is 10.6. The fraction of sp³-hybridized carbons (Fsp3) is 0.810. The van der Waals surface area contributed by atoms with Gasteiger partial charge in [-0.1, -0.05) is 19.4 Å². The Bertz CT molecular complexity index is 816. The third kappa shape index (κ3) is 3.21. The van der Waals surface area contributed by atoms with E-state index in [0.717, 1.165) is 32.1 Å². The molecule has 0 aromatic carbocycles.